The van der Waals surface area contributed by atoms with Gasteiger partial charge in [-0.1, -0.05) is 137 Å². The first-order chi connectivity index (χ1) is 30.4. The molecule has 64 heavy (non-hydrogen) atoms. The van der Waals surface area contributed by atoms with Gasteiger partial charge in [0.1, 0.15) is 0 Å². The van der Waals surface area contributed by atoms with Gasteiger partial charge in [-0.05, 0) is 161 Å². The second-order valence-corrected chi connectivity index (χ2v) is 42.3. The lowest BCUT2D eigenvalue weighted by atomic mass is 9.99. The number of unbranched alkanes of at least 4 members (excludes halogenated alkanes) is 10. The SMILES string of the molecule is C[Si](C)(C)O[Si](C)(C)CCCCCCCCc1ccc(-c2ccc3c(c2)sc2cc4c(cc23)sc2cc(-c3ccc(CCCCCCCC[Si](C)(C)O[Si](C)(C)C)cc3)ccc24)cc1. The van der Waals surface area contributed by atoms with Crippen LogP contribution in [0.15, 0.2) is 97.1 Å². The van der Waals surface area contributed by atoms with E-state index in [1.54, 1.807) is 0 Å². The van der Waals surface area contributed by atoms with Crippen molar-refractivity contribution in [1.29, 1.82) is 0 Å². The second-order valence-electron chi connectivity index (χ2n) is 22.1. The van der Waals surface area contributed by atoms with Crippen LogP contribution in [0.25, 0.3) is 62.6 Å². The van der Waals surface area contributed by atoms with Gasteiger partial charge in [0.15, 0.2) is 33.3 Å². The Kier molecular flexibility index (Phi) is 16.6. The summed E-state index contributed by atoms with van der Waals surface area (Å²) in [4.78, 5) is 0. The minimum absolute atomic E-state index is 1.18. The largest absolute Gasteiger partial charge is 0.456 e. The highest BCUT2D eigenvalue weighted by atomic mass is 32.1. The van der Waals surface area contributed by atoms with E-state index in [9.17, 15) is 0 Å². The maximum absolute atomic E-state index is 6.52. The summed E-state index contributed by atoms with van der Waals surface area (Å²) in [7, 11) is -5.81. The van der Waals surface area contributed by atoms with Gasteiger partial charge in [-0.15, -0.1) is 22.7 Å². The van der Waals surface area contributed by atoms with Crippen molar-refractivity contribution in [3.8, 4) is 22.3 Å². The molecule has 5 aromatic carbocycles. The highest BCUT2D eigenvalue weighted by Gasteiger charge is 2.30. The summed E-state index contributed by atoms with van der Waals surface area (Å²) in [5.41, 5.74) is 8.17. The minimum Gasteiger partial charge on any atom is -0.456 e. The van der Waals surface area contributed by atoms with Gasteiger partial charge in [-0.3, -0.25) is 0 Å². The van der Waals surface area contributed by atoms with E-state index in [1.165, 1.54) is 176 Å². The lowest BCUT2D eigenvalue weighted by Crippen LogP contribution is -2.42. The Morgan fingerprint density at radius 3 is 1.00 bits per heavy atom. The Morgan fingerprint density at radius 1 is 0.328 bits per heavy atom. The predicted octanol–water partition coefficient (Wildman–Crippen LogP) is 19.6. The zero-order valence-corrected chi connectivity index (χ0v) is 46.8. The highest BCUT2D eigenvalue weighted by Crippen LogP contribution is 2.43. The number of rotatable bonds is 24. The monoisotopic (exact) mass is 958 g/mol. The van der Waals surface area contributed by atoms with Gasteiger partial charge in [0.05, 0.1) is 0 Å². The van der Waals surface area contributed by atoms with Crippen LogP contribution >= 0.6 is 22.7 Å². The molecule has 0 unspecified atom stereocenters. The summed E-state index contributed by atoms with van der Waals surface area (Å²) in [6, 6.07) is 40.5. The molecule has 0 spiro atoms. The van der Waals surface area contributed by atoms with Crippen LogP contribution in [-0.2, 0) is 21.1 Å². The Morgan fingerprint density at radius 2 is 0.641 bits per heavy atom. The smallest absolute Gasteiger partial charge is 0.173 e. The van der Waals surface area contributed by atoms with Crippen molar-refractivity contribution >= 4 is 96.3 Å². The minimum atomic E-state index is -1.48. The molecule has 7 rings (SSSR count). The summed E-state index contributed by atoms with van der Waals surface area (Å²) < 4.78 is 18.6. The molecule has 0 saturated heterocycles. The first-order valence-corrected chi connectivity index (χ1v) is 39.5. The van der Waals surface area contributed by atoms with E-state index in [2.05, 4.69) is 163 Å². The Labute approximate surface area is 399 Å². The van der Waals surface area contributed by atoms with Crippen LogP contribution in [0.4, 0.5) is 0 Å². The first-order valence-electron chi connectivity index (χ1n) is 24.8. The number of thiophene rings is 2. The van der Waals surface area contributed by atoms with Gasteiger partial charge in [-0.25, -0.2) is 0 Å². The summed E-state index contributed by atoms with van der Waals surface area (Å²) in [6.07, 6.45) is 18.4. The zero-order chi connectivity index (χ0) is 45.5. The van der Waals surface area contributed by atoms with Gasteiger partial charge in [-0.2, -0.15) is 0 Å². The molecular formula is C56H78O2S2Si4. The van der Waals surface area contributed by atoms with E-state index < -0.39 is 33.3 Å². The van der Waals surface area contributed by atoms with Crippen molar-refractivity contribution in [3.63, 3.8) is 0 Å². The third-order valence-electron chi connectivity index (χ3n) is 12.8. The number of hydrogen-bond donors (Lipinski definition) is 0. The fourth-order valence-electron chi connectivity index (χ4n) is 10.1. The lowest BCUT2D eigenvalue weighted by Gasteiger charge is -2.31. The molecule has 0 N–H and O–H groups in total. The topological polar surface area (TPSA) is 18.5 Å². The average Bonchev–Trinajstić information content (AvgIpc) is 3.76. The Bertz CT molecular complexity index is 2410. The molecule has 7 aromatic rings. The molecule has 0 radical (unpaired) electrons. The van der Waals surface area contributed by atoms with E-state index in [0.29, 0.717) is 0 Å². The standard InChI is InChI=1S/C56H78O2S2Si4/c1-61(2,3)57-63(7,8)37-21-17-13-11-15-19-23-43-25-29-45(30-26-43)47-33-35-49-51-41-56-52(42-55(51)59-53(49)39-47)50-36-34-48(40-54(50)60-56)46-31-27-44(28-32-46)24-20-16-12-14-18-22-38-64(9,10)58-62(4,5)6/h25-36,39-42H,11-24,37-38H2,1-10H3. The van der Waals surface area contributed by atoms with E-state index in [1.807, 2.05) is 22.7 Å². The lowest BCUT2D eigenvalue weighted by molar-refractivity contribution is 0.534. The summed E-state index contributed by atoms with van der Waals surface area (Å²) in [6.45, 7) is 23.6. The fraction of sp³-hybridized carbons (Fsp3) is 0.464. The summed E-state index contributed by atoms with van der Waals surface area (Å²) in [5, 5.41) is 5.50. The number of aryl methyl sites for hydroxylation is 2. The van der Waals surface area contributed by atoms with Crippen LogP contribution in [-0.4, -0.2) is 33.3 Å². The summed E-state index contributed by atoms with van der Waals surface area (Å²) in [5.74, 6) is 0. The van der Waals surface area contributed by atoms with Crippen molar-refractivity contribution in [2.24, 2.45) is 0 Å². The van der Waals surface area contributed by atoms with Crippen LogP contribution in [0.1, 0.15) is 88.2 Å². The number of hydrogen-bond acceptors (Lipinski definition) is 4. The van der Waals surface area contributed by atoms with E-state index in [4.69, 9.17) is 8.23 Å². The van der Waals surface area contributed by atoms with Gasteiger partial charge < -0.3 is 8.23 Å². The molecule has 0 bridgehead atoms. The number of fused-ring (bicyclic) bond motifs is 6. The molecule has 0 fully saturated rings. The van der Waals surface area contributed by atoms with Crippen LogP contribution in [0.5, 0.6) is 0 Å². The zero-order valence-electron chi connectivity index (χ0n) is 41.2. The highest BCUT2D eigenvalue weighted by molar-refractivity contribution is 7.27. The molecule has 2 nitrogen and oxygen atoms in total. The molecule has 2 aromatic heterocycles. The number of benzene rings is 5. The Hall–Kier alpha value is -2.67. The Balaban J connectivity index is 0.883. The molecule has 8 heteroatoms. The molecule has 0 aliphatic rings. The van der Waals surface area contributed by atoms with Gasteiger partial charge >= 0.3 is 0 Å². The molecule has 0 amide bonds. The van der Waals surface area contributed by atoms with Crippen molar-refractivity contribution in [3.05, 3.63) is 108 Å². The molecular weight excluding hydrogens is 881 g/mol. The van der Waals surface area contributed by atoms with Crippen LogP contribution in [0.2, 0.25) is 77.6 Å². The second kappa shape index (κ2) is 21.5. The molecule has 0 atom stereocenters. The van der Waals surface area contributed by atoms with Gasteiger partial charge in [0.25, 0.3) is 0 Å². The average molecular weight is 960 g/mol. The van der Waals surface area contributed by atoms with Crippen LogP contribution < -0.4 is 0 Å². The van der Waals surface area contributed by atoms with Crippen molar-refractivity contribution < 1.29 is 8.23 Å². The van der Waals surface area contributed by atoms with Crippen LogP contribution in [0, 0.1) is 0 Å². The molecule has 0 aliphatic heterocycles. The third kappa shape index (κ3) is 14.2. The van der Waals surface area contributed by atoms with Gasteiger partial charge in [0, 0.05) is 40.3 Å². The third-order valence-corrected chi connectivity index (χ3v) is 27.5. The fourth-order valence-corrected chi connectivity index (χ4v) is 28.7. The van der Waals surface area contributed by atoms with Crippen molar-refractivity contribution in [1.82, 2.24) is 0 Å². The maximum atomic E-state index is 6.52. The molecule has 0 saturated carbocycles. The summed E-state index contributed by atoms with van der Waals surface area (Å²) >= 11 is 3.88. The van der Waals surface area contributed by atoms with Crippen LogP contribution in [0.3, 0.4) is 0 Å². The van der Waals surface area contributed by atoms with E-state index >= 15 is 0 Å². The first kappa shape index (κ1) is 49.2. The molecule has 2 heterocycles. The van der Waals surface area contributed by atoms with E-state index in [-0.39, 0.29) is 0 Å². The normalized spacial score (nSPS) is 13.0. The maximum Gasteiger partial charge on any atom is 0.173 e. The quantitative estimate of drug-likeness (QED) is 0.0444. The van der Waals surface area contributed by atoms with Gasteiger partial charge in [0.2, 0.25) is 0 Å². The van der Waals surface area contributed by atoms with Crippen molar-refractivity contribution in [2.75, 3.05) is 0 Å². The molecule has 0 aliphatic carbocycles. The van der Waals surface area contributed by atoms with Crippen molar-refractivity contribution in [2.45, 2.75) is 167 Å². The molecule has 342 valence electrons. The predicted molar refractivity (Wildman–Crippen MR) is 299 cm³/mol. The van der Waals surface area contributed by atoms with E-state index in [0.717, 1.165) is 0 Å².